The number of rotatable bonds is 5. The first kappa shape index (κ1) is 14.7. The molecule has 0 saturated carbocycles. The standard InChI is InChI=1S/C16H17N3O2/c1-3-21-14-9-7-13(8-10-14)12(2)18-19-16(20)15-6-4-5-11-17-15/h4-11H,3H2,1-2H3,(H,19,20). The molecule has 0 atom stereocenters. The summed E-state index contributed by atoms with van der Waals surface area (Å²) in [7, 11) is 0. The van der Waals surface area contributed by atoms with Crippen molar-refractivity contribution in [2.24, 2.45) is 5.10 Å². The highest BCUT2D eigenvalue weighted by atomic mass is 16.5. The SMILES string of the molecule is CCOc1ccc(C(C)=NNC(=O)c2ccccn2)cc1. The summed E-state index contributed by atoms with van der Waals surface area (Å²) in [4.78, 5) is 15.8. The first-order chi connectivity index (χ1) is 10.2. The van der Waals surface area contributed by atoms with Gasteiger partial charge in [-0.05, 0) is 55.8 Å². The molecule has 1 N–H and O–H groups in total. The maximum Gasteiger partial charge on any atom is 0.289 e. The van der Waals surface area contributed by atoms with Crippen LogP contribution in [0.25, 0.3) is 0 Å². The van der Waals surface area contributed by atoms with Gasteiger partial charge in [0.25, 0.3) is 5.91 Å². The second-order valence-electron chi connectivity index (χ2n) is 4.31. The van der Waals surface area contributed by atoms with Crippen LogP contribution >= 0.6 is 0 Å². The Kier molecular flexibility index (Phi) is 5.04. The summed E-state index contributed by atoms with van der Waals surface area (Å²) in [5.74, 6) is 0.479. The number of benzene rings is 1. The van der Waals surface area contributed by atoms with Crippen molar-refractivity contribution in [3.63, 3.8) is 0 Å². The van der Waals surface area contributed by atoms with Crippen molar-refractivity contribution in [2.75, 3.05) is 6.61 Å². The van der Waals surface area contributed by atoms with Gasteiger partial charge in [-0.25, -0.2) is 5.43 Å². The minimum atomic E-state index is -0.333. The van der Waals surface area contributed by atoms with Gasteiger partial charge in [0.05, 0.1) is 12.3 Å². The lowest BCUT2D eigenvalue weighted by Crippen LogP contribution is -2.20. The second-order valence-corrected chi connectivity index (χ2v) is 4.31. The van der Waals surface area contributed by atoms with E-state index in [1.54, 1.807) is 24.4 Å². The molecule has 0 bridgehead atoms. The maximum absolute atomic E-state index is 11.8. The zero-order valence-corrected chi connectivity index (χ0v) is 12.0. The van der Waals surface area contributed by atoms with Crippen LogP contribution in [0.4, 0.5) is 0 Å². The van der Waals surface area contributed by atoms with Crippen LogP contribution in [0.5, 0.6) is 5.75 Å². The van der Waals surface area contributed by atoms with Gasteiger partial charge in [-0.15, -0.1) is 0 Å². The molecule has 108 valence electrons. The third-order valence-electron chi connectivity index (χ3n) is 2.81. The third-order valence-corrected chi connectivity index (χ3v) is 2.81. The Bertz CT molecular complexity index is 622. The number of nitrogens with one attached hydrogen (secondary N) is 1. The fourth-order valence-electron chi connectivity index (χ4n) is 1.71. The predicted molar refractivity (Wildman–Crippen MR) is 81.5 cm³/mol. The average Bonchev–Trinajstić information content (AvgIpc) is 2.54. The van der Waals surface area contributed by atoms with Gasteiger partial charge in [-0.3, -0.25) is 9.78 Å². The summed E-state index contributed by atoms with van der Waals surface area (Å²) < 4.78 is 5.38. The molecule has 5 heteroatoms. The molecule has 0 aliphatic rings. The van der Waals surface area contributed by atoms with E-state index in [2.05, 4.69) is 15.5 Å². The Labute approximate surface area is 123 Å². The van der Waals surface area contributed by atoms with Gasteiger partial charge in [0, 0.05) is 6.20 Å². The van der Waals surface area contributed by atoms with E-state index in [4.69, 9.17) is 4.74 Å². The van der Waals surface area contributed by atoms with Crippen LogP contribution in [0, 0.1) is 0 Å². The molecule has 0 saturated heterocycles. The number of carbonyl (C=O) groups excluding carboxylic acids is 1. The van der Waals surface area contributed by atoms with Crippen LogP contribution in [0.15, 0.2) is 53.8 Å². The van der Waals surface area contributed by atoms with E-state index in [-0.39, 0.29) is 5.91 Å². The minimum Gasteiger partial charge on any atom is -0.494 e. The van der Waals surface area contributed by atoms with Crippen molar-refractivity contribution < 1.29 is 9.53 Å². The van der Waals surface area contributed by atoms with Crippen LogP contribution in [-0.4, -0.2) is 23.2 Å². The Morgan fingerprint density at radius 1 is 1.24 bits per heavy atom. The van der Waals surface area contributed by atoms with Crippen molar-refractivity contribution >= 4 is 11.6 Å². The van der Waals surface area contributed by atoms with Gasteiger partial charge in [0.1, 0.15) is 11.4 Å². The second kappa shape index (κ2) is 7.19. The Balaban J connectivity index is 2.02. The fraction of sp³-hybridized carbons (Fsp3) is 0.188. The number of nitrogens with zero attached hydrogens (tertiary/aromatic N) is 2. The van der Waals surface area contributed by atoms with E-state index in [0.29, 0.717) is 18.0 Å². The first-order valence-electron chi connectivity index (χ1n) is 6.69. The summed E-state index contributed by atoms with van der Waals surface area (Å²) in [5.41, 5.74) is 4.45. The molecule has 0 radical (unpaired) electrons. The van der Waals surface area contributed by atoms with E-state index in [9.17, 15) is 4.79 Å². The molecular weight excluding hydrogens is 266 g/mol. The molecule has 0 spiro atoms. The summed E-state index contributed by atoms with van der Waals surface area (Å²) in [6.07, 6.45) is 1.57. The smallest absolute Gasteiger partial charge is 0.289 e. The summed E-state index contributed by atoms with van der Waals surface area (Å²) >= 11 is 0. The van der Waals surface area contributed by atoms with Crippen LogP contribution in [0.2, 0.25) is 0 Å². The van der Waals surface area contributed by atoms with Crippen LogP contribution < -0.4 is 10.2 Å². The van der Waals surface area contributed by atoms with Crippen molar-refractivity contribution in [2.45, 2.75) is 13.8 Å². The predicted octanol–water partition coefficient (Wildman–Crippen LogP) is 2.63. The maximum atomic E-state index is 11.8. The van der Waals surface area contributed by atoms with E-state index < -0.39 is 0 Å². The first-order valence-corrected chi connectivity index (χ1v) is 6.69. The molecule has 0 aliphatic heterocycles. The summed E-state index contributed by atoms with van der Waals surface area (Å²) in [5, 5.41) is 4.08. The van der Waals surface area contributed by atoms with Gasteiger partial charge in [0.2, 0.25) is 0 Å². The molecule has 21 heavy (non-hydrogen) atoms. The Morgan fingerprint density at radius 3 is 2.62 bits per heavy atom. The molecule has 1 heterocycles. The lowest BCUT2D eigenvalue weighted by Gasteiger charge is -2.05. The summed E-state index contributed by atoms with van der Waals surface area (Å²) in [6, 6.07) is 12.7. The number of hydrazone groups is 1. The van der Waals surface area contributed by atoms with E-state index >= 15 is 0 Å². The fourth-order valence-corrected chi connectivity index (χ4v) is 1.71. The van der Waals surface area contributed by atoms with Gasteiger partial charge in [-0.2, -0.15) is 5.10 Å². The van der Waals surface area contributed by atoms with Crippen molar-refractivity contribution in [1.82, 2.24) is 10.4 Å². The van der Waals surface area contributed by atoms with E-state index in [1.165, 1.54) is 0 Å². The number of hydrogen-bond acceptors (Lipinski definition) is 4. The summed E-state index contributed by atoms with van der Waals surface area (Å²) in [6.45, 7) is 4.40. The lowest BCUT2D eigenvalue weighted by molar-refractivity contribution is 0.0950. The van der Waals surface area contributed by atoms with Gasteiger partial charge >= 0.3 is 0 Å². The van der Waals surface area contributed by atoms with Gasteiger partial charge in [0.15, 0.2) is 0 Å². The molecule has 1 aromatic heterocycles. The van der Waals surface area contributed by atoms with Crippen LogP contribution in [0.1, 0.15) is 29.9 Å². The van der Waals surface area contributed by atoms with E-state index in [1.807, 2.05) is 38.1 Å². The molecule has 1 amide bonds. The third kappa shape index (κ3) is 4.14. The lowest BCUT2D eigenvalue weighted by atomic mass is 10.1. The Morgan fingerprint density at radius 2 is 2.00 bits per heavy atom. The van der Waals surface area contributed by atoms with Crippen molar-refractivity contribution in [3.8, 4) is 5.75 Å². The van der Waals surface area contributed by atoms with Gasteiger partial charge in [-0.1, -0.05) is 6.07 Å². The number of hydrogen-bond donors (Lipinski definition) is 1. The molecule has 0 aliphatic carbocycles. The molecule has 2 aromatic rings. The molecule has 5 nitrogen and oxygen atoms in total. The number of ether oxygens (including phenoxy) is 1. The number of pyridine rings is 1. The number of carbonyl (C=O) groups is 1. The Hall–Kier alpha value is -2.69. The number of amides is 1. The monoisotopic (exact) mass is 283 g/mol. The molecule has 0 unspecified atom stereocenters. The zero-order valence-electron chi connectivity index (χ0n) is 12.0. The minimum absolute atomic E-state index is 0.333. The van der Waals surface area contributed by atoms with Crippen LogP contribution in [-0.2, 0) is 0 Å². The van der Waals surface area contributed by atoms with Crippen molar-refractivity contribution in [1.29, 1.82) is 0 Å². The molecule has 2 rings (SSSR count). The highest BCUT2D eigenvalue weighted by Gasteiger charge is 2.05. The highest BCUT2D eigenvalue weighted by molar-refractivity contribution is 6.00. The quantitative estimate of drug-likeness (QED) is 0.677. The molecule has 1 aromatic carbocycles. The topological polar surface area (TPSA) is 63.6 Å². The molecule has 0 fully saturated rings. The van der Waals surface area contributed by atoms with E-state index in [0.717, 1.165) is 11.3 Å². The number of aromatic nitrogens is 1. The molecular formula is C16H17N3O2. The largest absolute Gasteiger partial charge is 0.494 e. The van der Waals surface area contributed by atoms with Crippen molar-refractivity contribution in [3.05, 3.63) is 59.9 Å². The van der Waals surface area contributed by atoms with Crippen LogP contribution in [0.3, 0.4) is 0 Å². The highest BCUT2D eigenvalue weighted by Crippen LogP contribution is 2.12. The van der Waals surface area contributed by atoms with Gasteiger partial charge < -0.3 is 4.74 Å². The average molecular weight is 283 g/mol. The normalized spacial score (nSPS) is 11.0. The zero-order chi connectivity index (χ0) is 15.1.